The third-order valence-corrected chi connectivity index (χ3v) is 7.45. The molecule has 254 valence electrons. The van der Waals surface area contributed by atoms with E-state index >= 15 is 0 Å². The first kappa shape index (κ1) is 34.9. The molecule has 0 atom stereocenters. The van der Waals surface area contributed by atoms with Crippen molar-refractivity contribution in [2.45, 2.75) is 39.3 Å². The molecule has 4 aromatic heterocycles. The van der Waals surface area contributed by atoms with E-state index in [2.05, 4.69) is 19.9 Å². The molecule has 0 unspecified atom stereocenters. The second-order valence-corrected chi connectivity index (χ2v) is 11.4. The third kappa shape index (κ3) is 9.82. The molecule has 0 spiro atoms. The zero-order valence-corrected chi connectivity index (χ0v) is 26.6. The van der Waals surface area contributed by atoms with Crippen LogP contribution in [-0.4, -0.2) is 74.0 Å². The van der Waals surface area contributed by atoms with Crippen molar-refractivity contribution < 1.29 is 39.6 Å². The molecule has 14 nitrogen and oxygen atoms in total. The summed E-state index contributed by atoms with van der Waals surface area (Å²) in [4.78, 5) is 67.3. The molecule has 0 amide bonds. The highest BCUT2D eigenvalue weighted by Gasteiger charge is 2.17. The maximum Gasteiger partial charge on any atom is 0.354 e. The summed E-state index contributed by atoms with van der Waals surface area (Å²) in [6.07, 6.45) is 0. The van der Waals surface area contributed by atoms with Crippen LogP contribution in [0.25, 0.3) is 0 Å². The van der Waals surface area contributed by atoms with Gasteiger partial charge in [-0.1, -0.05) is 48.5 Å². The summed E-state index contributed by atoms with van der Waals surface area (Å²) in [6.45, 7) is 1.72. The van der Waals surface area contributed by atoms with Crippen LogP contribution in [-0.2, 0) is 39.3 Å². The number of aromatic nitrogens is 4. The maximum absolute atomic E-state index is 11.6. The van der Waals surface area contributed by atoms with Crippen molar-refractivity contribution in [3.05, 3.63) is 154 Å². The Balaban J connectivity index is 1.41. The highest BCUT2D eigenvalue weighted by molar-refractivity contribution is 5.86. The molecule has 0 aliphatic heterocycles. The molecule has 0 aliphatic rings. The Morgan fingerprint density at radius 2 is 0.660 bits per heavy atom. The predicted molar refractivity (Wildman–Crippen MR) is 177 cm³/mol. The molecule has 0 fully saturated rings. The molecule has 0 bridgehead atoms. The second kappa shape index (κ2) is 16.1. The minimum Gasteiger partial charge on any atom is -0.477 e. The van der Waals surface area contributed by atoms with Crippen molar-refractivity contribution >= 4 is 23.9 Å². The lowest BCUT2D eigenvalue weighted by Crippen LogP contribution is -2.25. The van der Waals surface area contributed by atoms with Gasteiger partial charge in [0.2, 0.25) is 0 Å². The van der Waals surface area contributed by atoms with E-state index in [1.807, 2.05) is 34.1 Å². The summed E-state index contributed by atoms with van der Waals surface area (Å²) in [6, 6.07) is 26.7. The minimum absolute atomic E-state index is 0.0951. The Bertz CT molecular complexity index is 1780. The van der Waals surface area contributed by atoms with Gasteiger partial charge < -0.3 is 20.4 Å². The molecule has 0 saturated carbocycles. The number of hydrogen-bond acceptors (Lipinski definition) is 10. The molecule has 4 heterocycles. The van der Waals surface area contributed by atoms with Crippen molar-refractivity contribution in [3.63, 3.8) is 0 Å². The number of carboxylic acid groups (broad SMARTS) is 4. The Labute approximate surface area is 286 Å². The Kier molecular flexibility index (Phi) is 11.3. The first-order chi connectivity index (χ1) is 24.0. The highest BCUT2D eigenvalue weighted by Crippen LogP contribution is 2.18. The summed E-state index contributed by atoms with van der Waals surface area (Å²) in [7, 11) is 0. The minimum atomic E-state index is -1.15. The number of carboxylic acids is 4. The average Bonchev–Trinajstić information content (AvgIpc) is 3.09. The lowest BCUT2D eigenvalue weighted by molar-refractivity contribution is 0.0679. The number of hydrogen-bond donors (Lipinski definition) is 4. The lowest BCUT2D eigenvalue weighted by Gasteiger charge is -2.24. The zero-order valence-electron chi connectivity index (χ0n) is 26.6. The fourth-order valence-electron chi connectivity index (χ4n) is 5.34. The molecule has 0 aliphatic carbocycles. The van der Waals surface area contributed by atoms with Crippen LogP contribution in [0.2, 0.25) is 0 Å². The molecule has 1 aromatic carbocycles. The first-order valence-electron chi connectivity index (χ1n) is 15.3. The average molecular weight is 677 g/mol. The number of rotatable bonds is 16. The molecule has 0 saturated heterocycles. The fraction of sp³-hybridized carbons (Fsp3) is 0.167. The van der Waals surface area contributed by atoms with Gasteiger partial charge in [0.1, 0.15) is 22.8 Å². The monoisotopic (exact) mass is 676 g/mol. The summed E-state index contributed by atoms with van der Waals surface area (Å²) in [5.74, 6) is -4.61. The van der Waals surface area contributed by atoms with Crippen LogP contribution in [0.4, 0.5) is 0 Å². The van der Waals surface area contributed by atoms with Gasteiger partial charge in [0, 0.05) is 39.3 Å². The zero-order chi connectivity index (χ0) is 35.6. The van der Waals surface area contributed by atoms with Crippen LogP contribution >= 0.6 is 0 Å². The normalized spacial score (nSPS) is 11.1. The number of nitrogens with zero attached hydrogens (tertiary/aromatic N) is 6. The van der Waals surface area contributed by atoms with E-state index in [0.717, 1.165) is 11.1 Å². The topological polar surface area (TPSA) is 207 Å². The summed E-state index contributed by atoms with van der Waals surface area (Å²) in [5.41, 5.74) is 3.44. The van der Waals surface area contributed by atoms with Crippen molar-refractivity contribution in [1.29, 1.82) is 0 Å². The van der Waals surface area contributed by atoms with E-state index in [1.165, 1.54) is 24.3 Å². The number of carbonyl (C=O) groups is 4. The van der Waals surface area contributed by atoms with Crippen LogP contribution in [0, 0.1) is 0 Å². The molecular formula is C36H32N6O8. The predicted octanol–water partition coefficient (Wildman–Crippen LogP) is 4.46. The van der Waals surface area contributed by atoms with Gasteiger partial charge in [-0.3, -0.25) is 9.80 Å². The van der Waals surface area contributed by atoms with E-state index in [0.29, 0.717) is 35.9 Å². The lowest BCUT2D eigenvalue weighted by atomic mass is 10.1. The molecule has 4 N–H and O–H groups in total. The van der Waals surface area contributed by atoms with Crippen LogP contribution < -0.4 is 0 Å². The summed E-state index contributed by atoms with van der Waals surface area (Å²) < 4.78 is 0. The van der Waals surface area contributed by atoms with Gasteiger partial charge in [0.15, 0.2) is 0 Å². The van der Waals surface area contributed by atoms with Crippen LogP contribution in [0.3, 0.4) is 0 Å². The summed E-state index contributed by atoms with van der Waals surface area (Å²) in [5, 5.41) is 37.8. The SMILES string of the molecule is O=C(O)c1cccc(CN(Cc2cccc(CN(Cc3cccc(C(=O)O)n3)Cc3cccc(C(=O)O)n3)c2)Cc2cccc(C(=O)O)n2)n1. The van der Waals surface area contributed by atoms with E-state index in [1.54, 1.807) is 48.5 Å². The van der Waals surface area contributed by atoms with E-state index in [-0.39, 0.29) is 49.0 Å². The highest BCUT2D eigenvalue weighted by atomic mass is 16.4. The van der Waals surface area contributed by atoms with Gasteiger partial charge in [0.25, 0.3) is 0 Å². The van der Waals surface area contributed by atoms with Crippen molar-refractivity contribution in [2.75, 3.05) is 0 Å². The fourth-order valence-corrected chi connectivity index (χ4v) is 5.34. The van der Waals surface area contributed by atoms with Crippen molar-refractivity contribution in [2.24, 2.45) is 0 Å². The Morgan fingerprint density at radius 1 is 0.400 bits per heavy atom. The van der Waals surface area contributed by atoms with E-state index < -0.39 is 23.9 Å². The number of pyridine rings is 4. The molecule has 50 heavy (non-hydrogen) atoms. The van der Waals surface area contributed by atoms with Gasteiger partial charge in [-0.05, 0) is 59.7 Å². The van der Waals surface area contributed by atoms with Gasteiger partial charge in [0.05, 0.1) is 22.8 Å². The van der Waals surface area contributed by atoms with Crippen LogP contribution in [0.5, 0.6) is 0 Å². The van der Waals surface area contributed by atoms with Gasteiger partial charge in [-0.25, -0.2) is 39.1 Å². The van der Waals surface area contributed by atoms with Crippen molar-refractivity contribution in [3.8, 4) is 0 Å². The second-order valence-electron chi connectivity index (χ2n) is 11.4. The smallest absolute Gasteiger partial charge is 0.354 e. The van der Waals surface area contributed by atoms with Crippen LogP contribution in [0.15, 0.2) is 97.1 Å². The van der Waals surface area contributed by atoms with Gasteiger partial charge in [-0.15, -0.1) is 0 Å². The standard InChI is InChI=1S/C36H32N6O8/c43-33(44)29-12-2-8-25(37-29)19-41(20-26-9-3-13-30(38-26)34(45)46)17-23-6-1-7-24(16-23)18-42(21-27-10-4-14-31(39-27)35(47)48)22-28-11-5-15-32(40-28)36(49)50/h1-16H,17-22H2,(H,43,44)(H,45,46)(H,47,48)(H,49,50). The molecule has 14 heteroatoms. The largest absolute Gasteiger partial charge is 0.477 e. The molecule has 0 radical (unpaired) electrons. The van der Waals surface area contributed by atoms with Crippen molar-refractivity contribution in [1.82, 2.24) is 29.7 Å². The third-order valence-electron chi connectivity index (χ3n) is 7.45. The summed E-state index contributed by atoms with van der Waals surface area (Å²) >= 11 is 0. The molecule has 5 aromatic rings. The Hall–Kier alpha value is -6.38. The van der Waals surface area contributed by atoms with E-state index in [4.69, 9.17) is 0 Å². The van der Waals surface area contributed by atoms with Gasteiger partial charge >= 0.3 is 23.9 Å². The first-order valence-corrected chi connectivity index (χ1v) is 15.3. The Morgan fingerprint density at radius 3 is 0.920 bits per heavy atom. The van der Waals surface area contributed by atoms with Crippen LogP contribution in [0.1, 0.15) is 75.9 Å². The molecule has 5 rings (SSSR count). The quantitative estimate of drug-likeness (QED) is 0.114. The number of aromatic carboxylic acids is 4. The molecular weight excluding hydrogens is 644 g/mol. The van der Waals surface area contributed by atoms with Gasteiger partial charge in [-0.2, -0.15) is 0 Å². The number of benzene rings is 1. The maximum atomic E-state index is 11.6. The van der Waals surface area contributed by atoms with E-state index in [9.17, 15) is 39.6 Å².